The first-order valence-corrected chi connectivity index (χ1v) is 13.0. The summed E-state index contributed by atoms with van der Waals surface area (Å²) in [6, 6.07) is 1.93. The zero-order valence-corrected chi connectivity index (χ0v) is 22.4. The third kappa shape index (κ3) is 4.15. The maximum atomic E-state index is 13.4. The number of aromatic nitrogens is 4. The molecule has 37 heavy (non-hydrogen) atoms. The minimum atomic E-state index is -0.0421. The molecule has 0 spiro atoms. The van der Waals surface area contributed by atoms with E-state index in [0.717, 1.165) is 77.0 Å². The van der Waals surface area contributed by atoms with E-state index in [2.05, 4.69) is 38.4 Å². The predicted molar refractivity (Wildman–Crippen MR) is 147 cm³/mol. The van der Waals surface area contributed by atoms with Crippen molar-refractivity contribution in [2.45, 2.75) is 65.8 Å². The second-order valence-corrected chi connectivity index (χ2v) is 10.4. The molecule has 0 bridgehead atoms. The lowest BCUT2D eigenvalue weighted by Crippen LogP contribution is -2.42. The second-order valence-electron chi connectivity index (χ2n) is 10.4. The number of nitrogens with one attached hydrogen (secondary N) is 1. The number of likely N-dealkylation sites (tertiary alicyclic amines) is 1. The van der Waals surface area contributed by atoms with Crippen molar-refractivity contribution in [3.63, 3.8) is 0 Å². The SMILES string of the molecule is C#Cc1cc(C)c(-c2c(C3=CC[C@@H](C(=O)N4CCC[C@H]4C(C)=N)CC3)c3c(C)ncnc3n2C)c(C)n1. The van der Waals surface area contributed by atoms with Crippen molar-refractivity contribution in [2.24, 2.45) is 13.0 Å². The van der Waals surface area contributed by atoms with E-state index >= 15 is 0 Å². The van der Waals surface area contributed by atoms with Crippen molar-refractivity contribution in [1.82, 2.24) is 24.4 Å². The fraction of sp³-hybridized carbons (Fsp3) is 0.433. The van der Waals surface area contributed by atoms with Gasteiger partial charge in [-0.2, -0.15) is 0 Å². The average Bonchev–Trinajstić information content (AvgIpc) is 3.48. The Kier molecular flexibility index (Phi) is 6.45. The zero-order chi connectivity index (χ0) is 26.4. The number of carbonyl (C=O) groups excluding carboxylic acids is 1. The van der Waals surface area contributed by atoms with Crippen molar-refractivity contribution in [3.8, 4) is 23.6 Å². The van der Waals surface area contributed by atoms with Crippen LogP contribution >= 0.6 is 0 Å². The Morgan fingerprint density at radius 2 is 1.95 bits per heavy atom. The van der Waals surface area contributed by atoms with Crippen molar-refractivity contribution in [1.29, 1.82) is 5.41 Å². The number of rotatable bonds is 4. The Hall–Kier alpha value is -3.79. The quantitative estimate of drug-likeness (QED) is 0.401. The summed E-state index contributed by atoms with van der Waals surface area (Å²) in [6.07, 6.45) is 13.7. The van der Waals surface area contributed by atoms with Crippen LogP contribution in [0.2, 0.25) is 0 Å². The molecule has 4 heterocycles. The fourth-order valence-electron chi connectivity index (χ4n) is 6.27. The van der Waals surface area contributed by atoms with Crippen molar-refractivity contribution in [2.75, 3.05) is 6.54 Å². The third-order valence-electron chi connectivity index (χ3n) is 8.06. The highest BCUT2D eigenvalue weighted by Gasteiger charge is 2.35. The Labute approximate surface area is 218 Å². The summed E-state index contributed by atoms with van der Waals surface area (Å²) in [5, 5.41) is 9.15. The summed E-state index contributed by atoms with van der Waals surface area (Å²) in [5.74, 6) is 2.82. The molecule has 0 saturated carbocycles. The Balaban J connectivity index is 1.59. The molecule has 2 atom stereocenters. The molecule has 7 nitrogen and oxygen atoms in total. The van der Waals surface area contributed by atoms with E-state index in [1.165, 1.54) is 5.57 Å². The Morgan fingerprint density at radius 3 is 2.59 bits per heavy atom. The largest absolute Gasteiger partial charge is 0.334 e. The summed E-state index contributed by atoms with van der Waals surface area (Å²) in [7, 11) is 2.05. The first-order valence-electron chi connectivity index (χ1n) is 13.0. The molecule has 1 aliphatic carbocycles. The van der Waals surface area contributed by atoms with E-state index in [0.29, 0.717) is 17.8 Å². The van der Waals surface area contributed by atoms with Crippen LogP contribution in [-0.2, 0) is 11.8 Å². The number of allylic oxidation sites excluding steroid dienone is 2. The van der Waals surface area contributed by atoms with Gasteiger partial charge in [0.05, 0.1) is 17.4 Å². The van der Waals surface area contributed by atoms with Gasteiger partial charge in [-0.3, -0.25) is 4.79 Å². The highest BCUT2D eigenvalue weighted by Crippen LogP contribution is 2.44. The molecule has 7 heteroatoms. The van der Waals surface area contributed by atoms with Crippen molar-refractivity contribution >= 4 is 28.2 Å². The summed E-state index contributed by atoms with van der Waals surface area (Å²) in [6.45, 7) is 8.68. The molecule has 1 aliphatic heterocycles. The first kappa shape index (κ1) is 24.9. The standard InChI is InChI=1S/C30H34N6O/c1-7-23-15-17(2)25(20(5)34-23)28-27(26-19(4)32-16-33-29(26)35(28)6)21-10-12-22(13-11-21)30(37)36-14-8-9-24(36)18(3)31/h1,10,15-16,22,24,31H,8-9,11-14H2,2-6H3/t22-,24+/m1/s1. The molecular formula is C30H34N6O. The normalized spacial score (nSPS) is 19.7. The van der Waals surface area contributed by atoms with Gasteiger partial charge in [-0.15, -0.1) is 6.42 Å². The van der Waals surface area contributed by atoms with E-state index in [1.807, 2.05) is 38.8 Å². The van der Waals surface area contributed by atoms with Gasteiger partial charge in [0.15, 0.2) is 0 Å². The number of carbonyl (C=O) groups is 1. The Bertz CT molecular complexity index is 1480. The van der Waals surface area contributed by atoms with Gasteiger partial charge in [-0.1, -0.05) is 12.0 Å². The number of fused-ring (bicyclic) bond motifs is 1. The van der Waals surface area contributed by atoms with Gasteiger partial charge in [0, 0.05) is 47.4 Å². The van der Waals surface area contributed by atoms with Crippen LogP contribution in [0.1, 0.15) is 67.2 Å². The van der Waals surface area contributed by atoms with Crippen LogP contribution in [0.25, 0.3) is 27.9 Å². The van der Waals surface area contributed by atoms with Crippen molar-refractivity contribution in [3.05, 3.63) is 46.7 Å². The zero-order valence-electron chi connectivity index (χ0n) is 22.4. The lowest BCUT2D eigenvalue weighted by atomic mass is 9.83. The highest BCUT2D eigenvalue weighted by molar-refractivity contribution is 6.01. The monoisotopic (exact) mass is 494 g/mol. The fourth-order valence-corrected chi connectivity index (χ4v) is 6.27. The smallest absolute Gasteiger partial charge is 0.226 e. The van der Waals surface area contributed by atoms with Crippen LogP contribution in [0.5, 0.6) is 0 Å². The van der Waals surface area contributed by atoms with Crippen LogP contribution in [0.3, 0.4) is 0 Å². The number of aryl methyl sites for hydroxylation is 4. The van der Waals surface area contributed by atoms with Gasteiger partial charge in [0.2, 0.25) is 5.91 Å². The highest BCUT2D eigenvalue weighted by atomic mass is 16.2. The lowest BCUT2D eigenvalue weighted by molar-refractivity contribution is -0.135. The molecule has 0 unspecified atom stereocenters. The minimum Gasteiger partial charge on any atom is -0.334 e. The summed E-state index contributed by atoms with van der Waals surface area (Å²) in [5.41, 5.74) is 9.50. The molecule has 1 amide bonds. The van der Waals surface area contributed by atoms with Crippen LogP contribution in [0, 0.1) is 44.4 Å². The maximum absolute atomic E-state index is 13.4. The molecule has 0 aromatic carbocycles. The molecule has 1 saturated heterocycles. The molecule has 3 aromatic rings. The van der Waals surface area contributed by atoms with E-state index in [-0.39, 0.29) is 17.9 Å². The van der Waals surface area contributed by atoms with Crippen LogP contribution in [-0.4, -0.2) is 48.6 Å². The number of hydrogen-bond acceptors (Lipinski definition) is 5. The van der Waals surface area contributed by atoms with E-state index in [9.17, 15) is 4.79 Å². The maximum Gasteiger partial charge on any atom is 0.226 e. The van der Waals surface area contributed by atoms with Gasteiger partial charge in [-0.05, 0) is 77.0 Å². The summed E-state index contributed by atoms with van der Waals surface area (Å²) in [4.78, 5) is 29.2. The Morgan fingerprint density at radius 1 is 1.16 bits per heavy atom. The molecule has 1 fully saturated rings. The van der Waals surface area contributed by atoms with Crippen molar-refractivity contribution < 1.29 is 4.79 Å². The summed E-state index contributed by atoms with van der Waals surface area (Å²) < 4.78 is 2.14. The molecule has 0 radical (unpaired) electrons. The second kappa shape index (κ2) is 9.59. The molecular weight excluding hydrogens is 460 g/mol. The lowest BCUT2D eigenvalue weighted by Gasteiger charge is -2.30. The molecule has 3 aromatic heterocycles. The number of amides is 1. The van der Waals surface area contributed by atoms with Gasteiger partial charge in [0.25, 0.3) is 0 Å². The molecule has 1 N–H and O–H groups in total. The third-order valence-corrected chi connectivity index (χ3v) is 8.06. The van der Waals surface area contributed by atoms with E-state index in [4.69, 9.17) is 11.8 Å². The predicted octanol–water partition coefficient (Wildman–Crippen LogP) is 5.15. The van der Waals surface area contributed by atoms with Crippen LogP contribution < -0.4 is 0 Å². The van der Waals surface area contributed by atoms with E-state index < -0.39 is 0 Å². The number of hydrogen-bond donors (Lipinski definition) is 1. The van der Waals surface area contributed by atoms with Crippen LogP contribution in [0.4, 0.5) is 0 Å². The molecule has 2 aliphatic rings. The summed E-state index contributed by atoms with van der Waals surface area (Å²) >= 11 is 0. The van der Waals surface area contributed by atoms with Crippen LogP contribution in [0.15, 0.2) is 18.5 Å². The first-order chi connectivity index (χ1) is 17.7. The number of pyridine rings is 1. The minimum absolute atomic E-state index is 0.0354. The molecule has 5 rings (SSSR count). The van der Waals surface area contributed by atoms with Gasteiger partial charge >= 0.3 is 0 Å². The van der Waals surface area contributed by atoms with Gasteiger partial charge < -0.3 is 14.9 Å². The number of terminal acetylenes is 1. The molecule has 190 valence electrons. The average molecular weight is 495 g/mol. The van der Waals surface area contributed by atoms with Gasteiger partial charge in [-0.25, -0.2) is 15.0 Å². The number of nitrogens with zero attached hydrogens (tertiary/aromatic N) is 5. The van der Waals surface area contributed by atoms with E-state index in [1.54, 1.807) is 6.33 Å². The topological polar surface area (TPSA) is 87.8 Å². The van der Waals surface area contributed by atoms with Gasteiger partial charge in [0.1, 0.15) is 17.7 Å².